The number of halogens is 1. The van der Waals surface area contributed by atoms with Crippen molar-refractivity contribution in [3.05, 3.63) is 23.5 Å². The zero-order chi connectivity index (χ0) is 33.4. The Labute approximate surface area is 303 Å². The predicted octanol–water partition coefficient (Wildman–Crippen LogP) is 3.50. The fraction of sp³-hybridized carbons (Fsp3) is 0.536. The molecule has 2 aromatic rings. The fourth-order valence-electron chi connectivity index (χ4n) is 4.11. The van der Waals surface area contributed by atoms with E-state index in [0.29, 0.717) is 15.9 Å². The van der Waals surface area contributed by atoms with Crippen molar-refractivity contribution in [1.82, 2.24) is 15.0 Å². The number of nitrogens with zero attached hydrogens (tertiary/aromatic N) is 4. The molecule has 4 heterocycles. The Kier molecular flexibility index (Phi) is 27.5. The molecule has 1 spiro atoms. The van der Waals surface area contributed by atoms with Crippen LogP contribution in [0.3, 0.4) is 0 Å². The minimum atomic E-state index is -1.08. The van der Waals surface area contributed by atoms with Gasteiger partial charge in [0.15, 0.2) is 5.82 Å². The van der Waals surface area contributed by atoms with E-state index < -0.39 is 17.9 Å². The van der Waals surface area contributed by atoms with Crippen LogP contribution < -0.4 is 22.1 Å². The molecule has 4 rings (SSSR count). The van der Waals surface area contributed by atoms with E-state index in [1.165, 1.54) is 11.8 Å². The number of anilines is 3. The van der Waals surface area contributed by atoms with E-state index in [0.717, 1.165) is 43.3 Å². The summed E-state index contributed by atoms with van der Waals surface area (Å²) in [6, 6.07) is 1.86. The summed E-state index contributed by atoms with van der Waals surface area (Å²) in [4.78, 5) is 60.9. The van der Waals surface area contributed by atoms with Gasteiger partial charge in [-0.25, -0.2) is 15.0 Å². The fourth-order valence-corrected chi connectivity index (χ4v) is 5.12. The van der Waals surface area contributed by atoms with E-state index in [1.807, 2.05) is 0 Å². The van der Waals surface area contributed by atoms with Crippen molar-refractivity contribution in [2.75, 3.05) is 36.1 Å². The molecule has 9 N–H and O–H groups in total. The second-order valence-corrected chi connectivity index (χ2v) is 10.9. The number of aromatic nitrogens is 3. The van der Waals surface area contributed by atoms with Crippen molar-refractivity contribution in [3.8, 4) is 0 Å². The lowest BCUT2D eigenvalue weighted by atomic mass is 9.73. The second kappa shape index (κ2) is 25.7. The Morgan fingerprint density at radius 1 is 1.04 bits per heavy atom. The molecule has 20 heteroatoms. The Morgan fingerprint density at radius 2 is 1.54 bits per heavy atom. The van der Waals surface area contributed by atoms with Crippen LogP contribution in [0.15, 0.2) is 28.4 Å². The predicted molar refractivity (Wildman–Crippen MR) is 193 cm³/mol. The molecule has 0 radical (unpaired) electrons. The molecule has 0 aromatic carbocycles. The van der Waals surface area contributed by atoms with Crippen LogP contribution in [-0.2, 0) is 28.7 Å². The Morgan fingerprint density at radius 3 is 1.94 bits per heavy atom. The highest BCUT2D eigenvalue weighted by atomic mass is 35.5. The summed E-state index contributed by atoms with van der Waals surface area (Å²) in [5.41, 5.74) is 18.4. The number of ether oxygens (including phenoxy) is 1. The molecule has 0 bridgehead atoms. The minimum Gasteiger partial charge on any atom is -0.481 e. The van der Waals surface area contributed by atoms with Crippen LogP contribution >= 0.6 is 50.4 Å². The number of carbonyl (C=O) groups is 3. The van der Waals surface area contributed by atoms with Crippen LogP contribution in [0, 0.1) is 5.41 Å². The lowest BCUT2D eigenvalue weighted by Crippen LogP contribution is -2.50. The highest BCUT2D eigenvalue weighted by Gasteiger charge is 2.47. The lowest BCUT2D eigenvalue weighted by molar-refractivity contribution is -0.191. The number of nitrogens with two attached hydrogens (primary N) is 3. The van der Waals surface area contributed by atoms with Gasteiger partial charge in [0.2, 0.25) is 0 Å². The summed E-state index contributed by atoms with van der Waals surface area (Å²) in [5, 5.41) is 24.5. The number of nitrogen functional groups attached to an aromatic ring is 2. The topological polar surface area (TPSA) is 275 Å². The molecule has 2 aliphatic heterocycles. The van der Waals surface area contributed by atoms with Gasteiger partial charge in [-0.2, -0.15) is 36.6 Å². The molecule has 48 heavy (non-hydrogen) atoms. The molecule has 16 nitrogen and oxygen atoms in total. The first-order valence-corrected chi connectivity index (χ1v) is 14.4. The first-order chi connectivity index (χ1) is 20.7. The van der Waals surface area contributed by atoms with E-state index in [4.69, 9.17) is 58.4 Å². The monoisotopic (exact) mass is 757 g/mol. The number of hydrogen-bond donors (Lipinski definition) is 6. The zero-order valence-electron chi connectivity index (χ0n) is 25.1. The summed E-state index contributed by atoms with van der Waals surface area (Å²) in [7, 11) is 0. The van der Waals surface area contributed by atoms with Crippen LogP contribution in [0.4, 0.5) is 17.5 Å². The second-order valence-electron chi connectivity index (χ2n) is 9.54. The number of pyridine rings is 1. The standard InChI is InChI=1S/C18H24ClN7OS.C4H6O4.C3H6O2.CO2.2CH4.2H2S/c1-10-14(20)18(9-27-10)3-6-26(7-4-18)12-8-24-17(16(22)25-12)28-11-2-5-23-15(21)13(11)19;5-3(6)1-2-4(7)8;1-2-3(4)5;2-1-3;;;;/h2,5,8,10,14H,3-4,6-7,9,20H2,1H3,(H2,21,23)(H2,22,25);1-2H2,(H,5,6)(H,7,8);2H2,1H3,(H,4,5);;2*1H4;2*1H2/t10-,14+;;;;;;;/m0......./s1. The highest BCUT2D eigenvalue weighted by molar-refractivity contribution is 7.99. The maximum atomic E-state index is 9.64. The average molecular weight is 758 g/mol. The molecule has 2 saturated heterocycles. The molecular weight excluding hydrogens is 710 g/mol. The third-order valence-electron chi connectivity index (χ3n) is 6.62. The Bertz CT molecular complexity index is 1300. The minimum absolute atomic E-state index is 0. The average Bonchev–Trinajstić information content (AvgIpc) is 3.25. The smallest absolute Gasteiger partial charge is 0.373 e. The van der Waals surface area contributed by atoms with Gasteiger partial charge in [-0.15, -0.1) is 0 Å². The van der Waals surface area contributed by atoms with Crippen molar-refractivity contribution < 1.29 is 44.0 Å². The summed E-state index contributed by atoms with van der Waals surface area (Å²) in [5.74, 6) is -1.48. The van der Waals surface area contributed by atoms with Crippen molar-refractivity contribution in [1.29, 1.82) is 0 Å². The molecule has 0 unspecified atom stereocenters. The number of aliphatic carboxylic acids is 3. The molecule has 2 fully saturated rings. The van der Waals surface area contributed by atoms with Crippen LogP contribution in [0.5, 0.6) is 0 Å². The van der Waals surface area contributed by atoms with Gasteiger partial charge in [0, 0.05) is 42.1 Å². The van der Waals surface area contributed by atoms with Gasteiger partial charge in [0.25, 0.3) is 0 Å². The van der Waals surface area contributed by atoms with Crippen LogP contribution in [0.25, 0.3) is 0 Å². The maximum Gasteiger partial charge on any atom is 0.373 e. The van der Waals surface area contributed by atoms with Crippen molar-refractivity contribution >= 4 is 91.9 Å². The molecule has 0 aliphatic carbocycles. The van der Waals surface area contributed by atoms with Crippen LogP contribution in [-0.4, -0.2) is 86.2 Å². The van der Waals surface area contributed by atoms with Gasteiger partial charge in [0.05, 0.1) is 36.8 Å². The summed E-state index contributed by atoms with van der Waals surface area (Å²) in [6.07, 6.45) is 5.30. The van der Waals surface area contributed by atoms with E-state index in [2.05, 4.69) is 26.8 Å². The van der Waals surface area contributed by atoms with E-state index >= 15 is 0 Å². The quantitative estimate of drug-likeness (QED) is 0.236. The first kappa shape index (κ1) is 51.5. The third-order valence-corrected chi connectivity index (χ3v) is 8.20. The summed E-state index contributed by atoms with van der Waals surface area (Å²) >= 11 is 7.53. The molecule has 274 valence electrons. The van der Waals surface area contributed by atoms with Gasteiger partial charge >= 0.3 is 24.1 Å². The Balaban J connectivity index is -0.000000410. The van der Waals surface area contributed by atoms with Crippen molar-refractivity contribution in [3.63, 3.8) is 0 Å². The van der Waals surface area contributed by atoms with Gasteiger partial charge in [-0.1, -0.05) is 45.1 Å². The number of carboxylic acids is 3. The van der Waals surface area contributed by atoms with Crippen molar-refractivity contribution in [2.45, 2.75) is 82.9 Å². The molecule has 2 aromatic heterocycles. The highest BCUT2D eigenvalue weighted by Crippen LogP contribution is 2.42. The van der Waals surface area contributed by atoms with E-state index in [1.54, 1.807) is 25.4 Å². The van der Waals surface area contributed by atoms with Crippen molar-refractivity contribution in [2.24, 2.45) is 11.1 Å². The maximum absolute atomic E-state index is 9.64. The largest absolute Gasteiger partial charge is 0.481 e. The summed E-state index contributed by atoms with van der Waals surface area (Å²) in [6.45, 7) is 6.11. The SMILES string of the molecule is C.C.CCC(=O)O.C[C@@H]1OCC2(CCN(c3cnc(Sc4ccnc(N)c4Cl)c(N)n3)CC2)[C@@H]1N.O=C(O)CCC(=O)O.O=C=O.S.S. The lowest BCUT2D eigenvalue weighted by Gasteiger charge is -2.41. The van der Waals surface area contributed by atoms with Crippen LogP contribution in [0.2, 0.25) is 5.02 Å². The van der Waals surface area contributed by atoms with E-state index in [9.17, 15) is 14.4 Å². The van der Waals surface area contributed by atoms with E-state index in [-0.39, 0.29) is 90.6 Å². The molecular formula is C28H48ClN7O9S3. The third kappa shape index (κ3) is 16.7. The normalized spacial score (nSPS) is 16.4. The number of carbonyl (C=O) groups excluding carboxylic acids is 2. The molecule has 2 aliphatic rings. The van der Waals surface area contributed by atoms with Gasteiger partial charge in [0.1, 0.15) is 16.7 Å². The Hall–Kier alpha value is -3.32. The van der Waals surface area contributed by atoms with Gasteiger partial charge in [-0.3, -0.25) is 14.4 Å². The van der Waals surface area contributed by atoms with Crippen LogP contribution in [0.1, 0.15) is 60.8 Å². The number of carboxylic acid groups (broad SMARTS) is 3. The number of rotatable bonds is 7. The zero-order valence-corrected chi connectivity index (χ0v) is 28.7. The summed E-state index contributed by atoms with van der Waals surface area (Å²) < 4.78 is 5.79. The first-order valence-electron chi connectivity index (χ1n) is 13.2. The van der Waals surface area contributed by atoms with Gasteiger partial charge < -0.3 is 42.2 Å². The number of hydrogen-bond acceptors (Lipinski definition) is 14. The molecule has 0 amide bonds. The number of piperidine rings is 1. The van der Waals surface area contributed by atoms with Gasteiger partial charge in [-0.05, 0) is 25.8 Å². The molecule has 0 saturated carbocycles. The molecule has 2 atom stereocenters.